The molecule has 1 aromatic rings. The van der Waals surface area contributed by atoms with Gasteiger partial charge in [-0.3, -0.25) is 0 Å². The number of benzene rings is 1. The van der Waals surface area contributed by atoms with E-state index in [0.29, 0.717) is 10.0 Å². The second-order valence-electron chi connectivity index (χ2n) is 4.41. The number of sulfonamides is 1. The number of sulfone groups is 1. The van der Waals surface area contributed by atoms with Crippen LogP contribution in [0.1, 0.15) is 15.9 Å². The number of aromatic carboxylic acids is 1. The molecular formula is C11H14BrNO6S2. The Kier molecular flexibility index (Phi) is 5.53. The molecule has 0 unspecified atom stereocenters. The van der Waals surface area contributed by atoms with Crippen LogP contribution in [0.4, 0.5) is 0 Å². The Bertz CT molecular complexity index is 770. The summed E-state index contributed by atoms with van der Waals surface area (Å²) in [5.74, 6) is -1.60. The molecule has 0 saturated carbocycles. The van der Waals surface area contributed by atoms with Crippen molar-refractivity contribution in [3.8, 4) is 0 Å². The van der Waals surface area contributed by atoms with E-state index >= 15 is 0 Å². The summed E-state index contributed by atoms with van der Waals surface area (Å²) < 4.78 is 48.8. The molecule has 0 aromatic heterocycles. The largest absolute Gasteiger partial charge is 0.478 e. The van der Waals surface area contributed by atoms with E-state index in [1.807, 2.05) is 0 Å². The number of hydrogen-bond donors (Lipinski definition) is 2. The van der Waals surface area contributed by atoms with Gasteiger partial charge in [-0.1, -0.05) is 15.9 Å². The van der Waals surface area contributed by atoms with Crippen LogP contribution in [0.3, 0.4) is 0 Å². The van der Waals surface area contributed by atoms with Crippen LogP contribution in [-0.2, 0) is 19.9 Å². The summed E-state index contributed by atoms with van der Waals surface area (Å²) in [6, 6.07) is 2.33. The molecule has 0 fully saturated rings. The van der Waals surface area contributed by atoms with Gasteiger partial charge in [-0.25, -0.2) is 26.4 Å². The summed E-state index contributed by atoms with van der Waals surface area (Å²) in [5.41, 5.74) is 0.155. The molecule has 7 nitrogen and oxygen atoms in total. The lowest BCUT2D eigenvalue weighted by Gasteiger charge is -2.11. The summed E-state index contributed by atoms with van der Waals surface area (Å²) in [5, 5.41) is 8.96. The van der Waals surface area contributed by atoms with Gasteiger partial charge in [0.2, 0.25) is 10.0 Å². The van der Waals surface area contributed by atoms with Crippen molar-refractivity contribution in [1.29, 1.82) is 0 Å². The first-order chi connectivity index (χ1) is 9.44. The van der Waals surface area contributed by atoms with E-state index in [1.165, 1.54) is 13.0 Å². The van der Waals surface area contributed by atoms with Crippen LogP contribution in [-0.4, -0.2) is 46.5 Å². The summed E-state index contributed by atoms with van der Waals surface area (Å²) in [6.07, 6.45) is 0.994. The quantitative estimate of drug-likeness (QED) is 0.729. The fourth-order valence-corrected chi connectivity index (χ4v) is 4.01. The zero-order valence-electron chi connectivity index (χ0n) is 11.3. The fraction of sp³-hybridized carbons (Fsp3) is 0.364. The van der Waals surface area contributed by atoms with Crippen molar-refractivity contribution in [1.82, 2.24) is 4.72 Å². The molecule has 2 N–H and O–H groups in total. The smallest absolute Gasteiger partial charge is 0.335 e. The minimum absolute atomic E-state index is 0.184. The van der Waals surface area contributed by atoms with Gasteiger partial charge in [0.15, 0.2) is 0 Å². The average molecular weight is 400 g/mol. The predicted octanol–water partition coefficient (Wildman–Crippen LogP) is 0.779. The molecule has 0 heterocycles. The van der Waals surface area contributed by atoms with Crippen molar-refractivity contribution in [2.45, 2.75) is 11.8 Å². The van der Waals surface area contributed by atoms with Crippen LogP contribution in [0, 0.1) is 6.92 Å². The van der Waals surface area contributed by atoms with Gasteiger partial charge in [-0.2, -0.15) is 0 Å². The lowest BCUT2D eigenvalue weighted by molar-refractivity contribution is 0.0696. The van der Waals surface area contributed by atoms with Crippen LogP contribution in [0.5, 0.6) is 0 Å². The summed E-state index contributed by atoms with van der Waals surface area (Å²) >= 11 is 3.11. The third-order valence-electron chi connectivity index (χ3n) is 2.60. The fourth-order valence-electron chi connectivity index (χ4n) is 1.50. The van der Waals surface area contributed by atoms with Crippen molar-refractivity contribution >= 4 is 41.8 Å². The van der Waals surface area contributed by atoms with Crippen LogP contribution < -0.4 is 4.72 Å². The lowest BCUT2D eigenvalue weighted by atomic mass is 10.1. The Morgan fingerprint density at radius 1 is 1.29 bits per heavy atom. The molecule has 21 heavy (non-hydrogen) atoms. The predicted molar refractivity (Wildman–Crippen MR) is 80.7 cm³/mol. The summed E-state index contributed by atoms with van der Waals surface area (Å²) in [7, 11) is -7.30. The maximum absolute atomic E-state index is 12.1. The van der Waals surface area contributed by atoms with Crippen LogP contribution in [0.2, 0.25) is 0 Å². The molecule has 10 heteroatoms. The van der Waals surface area contributed by atoms with E-state index in [4.69, 9.17) is 5.11 Å². The van der Waals surface area contributed by atoms with Crippen molar-refractivity contribution < 1.29 is 26.7 Å². The van der Waals surface area contributed by atoms with Crippen molar-refractivity contribution in [3.63, 3.8) is 0 Å². The number of hydrogen-bond acceptors (Lipinski definition) is 5. The third kappa shape index (κ3) is 5.06. The van der Waals surface area contributed by atoms with Gasteiger partial charge in [0.25, 0.3) is 0 Å². The van der Waals surface area contributed by atoms with Crippen LogP contribution in [0.25, 0.3) is 0 Å². The minimum atomic E-state index is -4.00. The monoisotopic (exact) mass is 399 g/mol. The molecule has 1 aromatic carbocycles. The third-order valence-corrected chi connectivity index (χ3v) is 5.95. The van der Waals surface area contributed by atoms with Gasteiger partial charge < -0.3 is 5.11 Å². The van der Waals surface area contributed by atoms with E-state index in [9.17, 15) is 21.6 Å². The Morgan fingerprint density at radius 3 is 2.33 bits per heavy atom. The number of halogens is 1. The topological polar surface area (TPSA) is 118 Å². The standard InChI is InChI=1S/C11H14BrNO6S2/c1-7-9(12)5-8(11(14)15)6-10(7)21(18,19)13-3-4-20(2,16)17/h5-6,13H,3-4H2,1-2H3,(H,14,15). The molecule has 0 aliphatic rings. The van der Waals surface area contributed by atoms with Crippen molar-refractivity contribution in [2.24, 2.45) is 0 Å². The average Bonchev–Trinajstić information content (AvgIpc) is 2.29. The van der Waals surface area contributed by atoms with E-state index in [0.717, 1.165) is 12.3 Å². The van der Waals surface area contributed by atoms with E-state index in [2.05, 4.69) is 20.7 Å². The van der Waals surface area contributed by atoms with Gasteiger partial charge in [0.1, 0.15) is 9.84 Å². The van der Waals surface area contributed by atoms with E-state index < -0.39 is 25.8 Å². The van der Waals surface area contributed by atoms with E-state index in [-0.39, 0.29) is 22.8 Å². The highest BCUT2D eigenvalue weighted by molar-refractivity contribution is 9.10. The Labute approximate surface area is 131 Å². The number of nitrogens with one attached hydrogen (secondary N) is 1. The molecule has 118 valence electrons. The highest BCUT2D eigenvalue weighted by Gasteiger charge is 2.21. The van der Waals surface area contributed by atoms with Crippen LogP contribution in [0.15, 0.2) is 21.5 Å². The highest BCUT2D eigenvalue weighted by Crippen LogP contribution is 2.25. The Balaban J connectivity index is 3.16. The van der Waals surface area contributed by atoms with Gasteiger partial charge in [0.05, 0.1) is 16.2 Å². The molecule has 0 amide bonds. The summed E-state index contributed by atoms with van der Waals surface area (Å²) in [6.45, 7) is 1.23. The van der Waals surface area contributed by atoms with Gasteiger partial charge in [-0.15, -0.1) is 0 Å². The molecular weight excluding hydrogens is 386 g/mol. The molecule has 0 radical (unpaired) electrons. The lowest BCUT2D eigenvalue weighted by Crippen LogP contribution is -2.29. The minimum Gasteiger partial charge on any atom is -0.478 e. The Morgan fingerprint density at radius 2 is 1.86 bits per heavy atom. The SMILES string of the molecule is Cc1c(Br)cc(C(=O)O)cc1S(=O)(=O)NCCS(C)(=O)=O. The normalized spacial score (nSPS) is 12.3. The first-order valence-electron chi connectivity index (χ1n) is 5.65. The molecule has 0 spiro atoms. The second kappa shape index (κ2) is 6.42. The number of rotatable bonds is 6. The second-order valence-corrected chi connectivity index (χ2v) is 9.26. The number of carbonyl (C=O) groups is 1. The van der Waals surface area contributed by atoms with E-state index in [1.54, 1.807) is 0 Å². The van der Waals surface area contributed by atoms with Gasteiger partial charge >= 0.3 is 5.97 Å². The maximum atomic E-state index is 12.1. The molecule has 1 rings (SSSR count). The van der Waals surface area contributed by atoms with Crippen LogP contribution >= 0.6 is 15.9 Å². The molecule has 0 aliphatic heterocycles. The number of carboxylic acids is 1. The first kappa shape index (κ1) is 18.1. The first-order valence-corrected chi connectivity index (χ1v) is 9.98. The van der Waals surface area contributed by atoms with Crippen molar-refractivity contribution in [3.05, 3.63) is 27.7 Å². The molecule has 0 saturated heterocycles. The molecule has 0 atom stereocenters. The highest BCUT2D eigenvalue weighted by atomic mass is 79.9. The zero-order valence-corrected chi connectivity index (χ0v) is 14.5. The summed E-state index contributed by atoms with van der Waals surface area (Å²) in [4.78, 5) is 10.8. The number of carboxylic acid groups (broad SMARTS) is 1. The van der Waals surface area contributed by atoms with Gasteiger partial charge in [0, 0.05) is 17.3 Å². The molecule has 0 aliphatic carbocycles. The molecule has 0 bridgehead atoms. The maximum Gasteiger partial charge on any atom is 0.335 e. The van der Waals surface area contributed by atoms with Crippen molar-refractivity contribution in [2.75, 3.05) is 18.6 Å². The Hall–Kier alpha value is -0.970. The zero-order chi connectivity index (χ0) is 16.4. The van der Waals surface area contributed by atoms with Gasteiger partial charge in [-0.05, 0) is 24.6 Å².